The van der Waals surface area contributed by atoms with Crippen molar-refractivity contribution in [3.05, 3.63) is 75.1 Å². The summed E-state index contributed by atoms with van der Waals surface area (Å²) in [5.74, 6) is 0.948. The van der Waals surface area contributed by atoms with Gasteiger partial charge in [-0.25, -0.2) is 4.98 Å². The number of hydrogen-bond donors (Lipinski definition) is 2. The molecule has 142 valence electrons. The van der Waals surface area contributed by atoms with E-state index < -0.39 is 0 Å². The Labute approximate surface area is 162 Å². The van der Waals surface area contributed by atoms with E-state index in [1.807, 2.05) is 0 Å². The molecule has 0 saturated heterocycles. The van der Waals surface area contributed by atoms with Crippen LogP contribution in [0.1, 0.15) is 51.9 Å². The lowest BCUT2D eigenvalue weighted by atomic mass is 10.0. The van der Waals surface area contributed by atoms with Crippen LogP contribution in [0.2, 0.25) is 0 Å². The number of fused-ring (bicyclic) bond motifs is 2. The van der Waals surface area contributed by atoms with Crippen LogP contribution in [-0.4, -0.2) is 20.4 Å². The van der Waals surface area contributed by atoms with Crippen LogP contribution in [0, 0.1) is 6.92 Å². The molecule has 0 radical (unpaired) electrons. The lowest BCUT2D eigenvalue weighted by Crippen LogP contribution is -2.28. The third kappa shape index (κ3) is 2.95. The number of amides is 1. The average molecular weight is 374 g/mol. The van der Waals surface area contributed by atoms with Gasteiger partial charge in [0.1, 0.15) is 5.82 Å². The van der Waals surface area contributed by atoms with Crippen molar-refractivity contribution in [3.63, 3.8) is 0 Å². The summed E-state index contributed by atoms with van der Waals surface area (Å²) in [5.41, 5.74) is 5.33. The highest BCUT2D eigenvalue weighted by Crippen LogP contribution is 2.35. The molecule has 0 bridgehead atoms. The SMILES string of the molecule is Cc1cc(C(=O)N[C@@H]2CCc3ccc(-c4cn5c(n4)CCC5)cc32)cc(=O)[nH]1. The molecule has 1 aliphatic heterocycles. The molecule has 0 spiro atoms. The van der Waals surface area contributed by atoms with Gasteiger partial charge in [-0.15, -0.1) is 0 Å². The summed E-state index contributed by atoms with van der Waals surface area (Å²) in [5, 5.41) is 3.11. The number of aryl methyl sites for hydroxylation is 4. The molecule has 3 aromatic rings. The largest absolute Gasteiger partial charge is 0.345 e. The molecule has 1 aromatic carbocycles. The fourth-order valence-corrected chi connectivity index (χ4v) is 4.36. The fourth-order valence-electron chi connectivity index (χ4n) is 4.36. The van der Waals surface area contributed by atoms with Gasteiger partial charge in [0.25, 0.3) is 5.91 Å². The van der Waals surface area contributed by atoms with Gasteiger partial charge in [0, 0.05) is 42.0 Å². The summed E-state index contributed by atoms with van der Waals surface area (Å²) in [6.07, 6.45) is 6.15. The van der Waals surface area contributed by atoms with E-state index >= 15 is 0 Å². The summed E-state index contributed by atoms with van der Waals surface area (Å²) in [7, 11) is 0. The molecule has 1 amide bonds. The van der Waals surface area contributed by atoms with Gasteiger partial charge in [-0.05, 0) is 49.4 Å². The highest BCUT2D eigenvalue weighted by Gasteiger charge is 2.25. The molecule has 0 saturated carbocycles. The maximum absolute atomic E-state index is 12.7. The zero-order valence-corrected chi connectivity index (χ0v) is 15.8. The number of carbonyl (C=O) groups is 1. The minimum Gasteiger partial charge on any atom is -0.345 e. The number of nitrogens with one attached hydrogen (secondary N) is 2. The van der Waals surface area contributed by atoms with Gasteiger partial charge >= 0.3 is 0 Å². The van der Waals surface area contributed by atoms with Crippen molar-refractivity contribution in [1.29, 1.82) is 0 Å². The van der Waals surface area contributed by atoms with Crippen molar-refractivity contribution >= 4 is 5.91 Å². The van der Waals surface area contributed by atoms with Crippen LogP contribution in [0.15, 0.2) is 41.3 Å². The lowest BCUT2D eigenvalue weighted by molar-refractivity contribution is 0.0936. The Morgan fingerprint density at radius 3 is 2.96 bits per heavy atom. The molecule has 3 heterocycles. The third-order valence-corrected chi connectivity index (χ3v) is 5.72. The number of imidazole rings is 1. The zero-order valence-electron chi connectivity index (χ0n) is 15.8. The highest BCUT2D eigenvalue weighted by atomic mass is 16.2. The van der Waals surface area contributed by atoms with Crippen molar-refractivity contribution in [2.75, 3.05) is 0 Å². The van der Waals surface area contributed by atoms with E-state index in [1.54, 1.807) is 13.0 Å². The second kappa shape index (κ2) is 6.48. The second-order valence-corrected chi connectivity index (χ2v) is 7.73. The van der Waals surface area contributed by atoms with Crippen LogP contribution >= 0.6 is 0 Å². The first-order chi connectivity index (χ1) is 13.6. The van der Waals surface area contributed by atoms with Crippen molar-refractivity contribution < 1.29 is 4.79 Å². The van der Waals surface area contributed by atoms with E-state index in [9.17, 15) is 9.59 Å². The topological polar surface area (TPSA) is 79.8 Å². The first-order valence-corrected chi connectivity index (χ1v) is 9.78. The van der Waals surface area contributed by atoms with Crippen LogP contribution in [-0.2, 0) is 19.4 Å². The Morgan fingerprint density at radius 2 is 2.14 bits per heavy atom. The van der Waals surface area contributed by atoms with Crippen LogP contribution in [0.25, 0.3) is 11.3 Å². The van der Waals surface area contributed by atoms with E-state index in [-0.39, 0.29) is 17.5 Å². The quantitative estimate of drug-likeness (QED) is 0.740. The molecule has 6 heteroatoms. The van der Waals surface area contributed by atoms with Crippen molar-refractivity contribution in [3.8, 4) is 11.3 Å². The third-order valence-electron chi connectivity index (χ3n) is 5.72. The smallest absolute Gasteiger partial charge is 0.252 e. The molecule has 2 N–H and O–H groups in total. The number of carbonyl (C=O) groups excluding carboxylic acids is 1. The molecule has 6 nitrogen and oxygen atoms in total. The van der Waals surface area contributed by atoms with Crippen LogP contribution < -0.4 is 10.9 Å². The van der Waals surface area contributed by atoms with Crippen LogP contribution in [0.4, 0.5) is 0 Å². The second-order valence-electron chi connectivity index (χ2n) is 7.73. The number of hydrogen-bond acceptors (Lipinski definition) is 3. The maximum atomic E-state index is 12.7. The van der Waals surface area contributed by atoms with E-state index in [0.717, 1.165) is 48.5 Å². The van der Waals surface area contributed by atoms with Crippen molar-refractivity contribution in [2.45, 2.75) is 45.2 Å². The summed E-state index contributed by atoms with van der Waals surface area (Å²) >= 11 is 0. The van der Waals surface area contributed by atoms with Gasteiger partial charge in [-0.1, -0.05) is 12.1 Å². The minimum atomic E-state index is -0.257. The van der Waals surface area contributed by atoms with E-state index in [1.165, 1.54) is 18.1 Å². The number of aromatic nitrogens is 3. The molecule has 2 aromatic heterocycles. The monoisotopic (exact) mass is 374 g/mol. The Hall–Kier alpha value is -3.15. The molecule has 0 fully saturated rings. The van der Waals surface area contributed by atoms with Gasteiger partial charge in [0.2, 0.25) is 5.56 Å². The predicted octanol–water partition coefficient (Wildman–Crippen LogP) is 2.91. The summed E-state index contributed by atoms with van der Waals surface area (Å²) in [6.45, 7) is 2.82. The molecule has 5 rings (SSSR count). The number of benzene rings is 1. The van der Waals surface area contributed by atoms with Crippen molar-refractivity contribution in [1.82, 2.24) is 19.9 Å². The first-order valence-electron chi connectivity index (χ1n) is 9.78. The van der Waals surface area contributed by atoms with Crippen molar-refractivity contribution in [2.24, 2.45) is 0 Å². The number of rotatable bonds is 3. The maximum Gasteiger partial charge on any atom is 0.252 e. The van der Waals surface area contributed by atoms with Gasteiger partial charge in [-0.3, -0.25) is 9.59 Å². The highest BCUT2D eigenvalue weighted by molar-refractivity contribution is 5.94. The first kappa shape index (κ1) is 17.0. The van der Waals surface area contributed by atoms with E-state index in [4.69, 9.17) is 4.98 Å². The Morgan fingerprint density at radius 1 is 1.25 bits per heavy atom. The summed E-state index contributed by atoms with van der Waals surface area (Å²) in [6, 6.07) is 9.45. The molecular formula is C22H22N4O2. The predicted molar refractivity (Wildman–Crippen MR) is 106 cm³/mol. The van der Waals surface area contributed by atoms with Crippen LogP contribution in [0.3, 0.4) is 0 Å². The van der Waals surface area contributed by atoms with E-state index in [2.05, 4.69) is 39.3 Å². The zero-order chi connectivity index (χ0) is 19.3. The number of nitrogens with zero attached hydrogens (tertiary/aromatic N) is 2. The van der Waals surface area contributed by atoms with Gasteiger partial charge < -0.3 is 14.9 Å². The summed E-state index contributed by atoms with van der Waals surface area (Å²) < 4.78 is 2.23. The Bertz CT molecular complexity index is 1120. The average Bonchev–Trinajstić information content (AvgIpc) is 3.35. The molecule has 1 atom stereocenters. The van der Waals surface area contributed by atoms with E-state index in [0.29, 0.717) is 11.3 Å². The Balaban J connectivity index is 1.42. The molecule has 28 heavy (non-hydrogen) atoms. The lowest BCUT2D eigenvalue weighted by Gasteiger charge is -2.15. The fraction of sp³-hybridized carbons (Fsp3) is 0.318. The van der Waals surface area contributed by atoms with Gasteiger partial charge in [0.15, 0.2) is 0 Å². The number of H-pyrrole nitrogens is 1. The minimum absolute atomic E-state index is 0.0449. The van der Waals surface area contributed by atoms with Gasteiger partial charge in [0.05, 0.1) is 11.7 Å². The molecule has 0 unspecified atom stereocenters. The molecule has 1 aliphatic carbocycles. The standard InChI is InChI=1S/C22H22N4O2/c1-13-9-16(11-21(27)23-13)22(28)25-18-7-6-14-4-5-15(10-17(14)18)19-12-26-8-2-3-20(26)24-19/h4-5,9-12,18H,2-3,6-8H2,1H3,(H,23,27)(H,25,28)/t18-/m1/s1. The number of aromatic amines is 1. The van der Waals surface area contributed by atoms with Crippen LogP contribution in [0.5, 0.6) is 0 Å². The molecule has 2 aliphatic rings. The summed E-state index contributed by atoms with van der Waals surface area (Å²) in [4.78, 5) is 31.8. The Kier molecular flexibility index (Phi) is 3.93. The molecular weight excluding hydrogens is 352 g/mol. The normalized spacial score (nSPS) is 17.4. The number of pyridine rings is 1. The van der Waals surface area contributed by atoms with Gasteiger partial charge in [-0.2, -0.15) is 0 Å².